The maximum atomic E-state index is 2.73. The summed E-state index contributed by atoms with van der Waals surface area (Å²) >= 11 is 0. The minimum atomic E-state index is -0.261. The molecular formula is C90H76BN3. The first kappa shape index (κ1) is 58.4. The normalized spacial score (nSPS) is 12.9. The molecule has 3 nitrogen and oxygen atoms in total. The quantitative estimate of drug-likeness (QED) is 0.133. The fraction of sp³-hybridized carbons (Fsp3) is 0.133. The largest absolute Gasteiger partial charge is 0.310 e. The molecule has 3 heterocycles. The van der Waals surface area contributed by atoms with E-state index in [4.69, 9.17) is 0 Å². The highest BCUT2D eigenvalue weighted by molar-refractivity contribution is 7.00. The van der Waals surface area contributed by atoms with Crippen LogP contribution in [0.15, 0.2) is 297 Å². The van der Waals surface area contributed by atoms with Crippen LogP contribution >= 0.6 is 0 Å². The zero-order valence-electron chi connectivity index (χ0n) is 55.2. The van der Waals surface area contributed by atoms with Gasteiger partial charge < -0.3 is 14.4 Å². The molecule has 1 aromatic heterocycles. The van der Waals surface area contributed by atoms with Crippen LogP contribution in [0.3, 0.4) is 0 Å². The predicted molar refractivity (Wildman–Crippen MR) is 404 cm³/mol. The molecule has 0 saturated heterocycles. The van der Waals surface area contributed by atoms with Crippen molar-refractivity contribution in [2.75, 3.05) is 9.80 Å². The van der Waals surface area contributed by atoms with E-state index in [1.165, 1.54) is 94.0 Å². The maximum Gasteiger partial charge on any atom is 0.252 e. The van der Waals surface area contributed by atoms with Gasteiger partial charge in [-0.25, -0.2) is 0 Å². The number of anilines is 6. The SMILES string of the molecule is CC(C)(C)c1cc(-c2ccccc2)c(N2c3cc(-n4c5ccccc5c5ccccc54)ccc3B3c4cc(-c5ccccc5)c(C(C)(C)C)cc4N(c4c(-c5ccccc5)cc(C(C)(C)C)cc4-c4ccccc4)c4cc(-c5ccccc5)cc2c43)c(-c2ccccc2)c1. The van der Waals surface area contributed by atoms with Crippen molar-refractivity contribution in [1.82, 2.24) is 4.57 Å². The Bertz CT molecular complexity index is 5050. The van der Waals surface area contributed by atoms with Gasteiger partial charge in [-0.2, -0.15) is 0 Å². The third-order valence-corrected chi connectivity index (χ3v) is 19.8. The average molecular weight is 1210 g/mol. The van der Waals surface area contributed by atoms with Gasteiger partial charge in [0.05, 0.1) is 22.4 Å². The van der Waals surface area contributed by atoms with Gasteiger partial charge in [0.25, 0.3) is 6.71 Å². The lowest BCUT2D eigenvalue weighted by Crippen LogP contribution is -2.61. The summed E-state index contributed by atoms with van der Waals surface area (Å²) in [6.45, 7) is 21.1. The van der Waals surface area contributed by atoms with E-state index in [0.717, 1.165) is 67.5 Å². The fourth-order valence-electron chi connectivity index (χ4n) is 15.1. The van der Waals surface area contributed by atoms with Crippen molar-refractivity contribution < 1.29 is 0 Å². The summed E-state index contributed by atoms with van der Waals surface area (Å²) in [5, 5.41) is 2.46. The van der Waals surface area contributed by atoms with Gasteiger partial charge in [0, 0.05) is 61.5 Å². The Balaban J connectivity index is 1.14. The van der Waals surface area contributed by atoms with Gasteiger partial charge >= 0.3 is 0 Å². The van der Waals surface area contributed by atoms with Crippen molar-refractivity contribution in [1.29, 1.82) is 0 Å². The summed E-state index contributed by atoms with van der Waals surface area (Å²) in [7, 11) is 0. The van der Waals surface area contributed by atoms with Crippen LogP contribution in [0.1, 0.15) is 79.0 Å². The molecule has 16 rings (SSSR count). The van der Waals surface area contributed by atoms with E-state index in [0.29, 0.717) is 0 Å². The van der Waals surface area contributed by atoms with Crippen LogP contribution in [0.4, 0.5) is 34.1 Å². The Morgan fingerprint density at radius 2 is 0.617 bits per heavy atom. The van der Waals surface area contributed by atoms with Crippen LogP contribution in [0.25, 0.3) is 94.3 Å². The van der Waals surface area contributed by atoms with Crippen molar-refractivity contribution >= 4 is 79.0 Å². The van der Waals surface area contributed by atoms with Crippen LogP contribution in [0, 0.1) is 0 Å². The lowest BCUT2D eigenvalue weighted by atomic mass is 9.33. The molecule has 0 aliphatic carbocycles. The first-order chi connectivity index (χ1) is 45.6. The second kappa shape index (κ2) is 22.6. The molecular weight excluding hydrogens is 1130 g/mol. The molecule has 0 fully saturated rings. The lowest BCUT2D eigenvalue weighted by Gasteiger charge is -2.47. The van der Waals surface area contributed by atoms with Crippen LogP contribution < -0.4 is 26.2 Å². The van der Waals surface area contributed by atoms with Crippen molar-refractivity contribution in [2.45, 2.75) is 78.6 Å². The Labute approximate surface area is 555 Å². The van der Waals surface area contributed by atoms with Crippen LogP contribution in [-0.2, 0) is 16.2 Å². The molecule has 0 amide bonds. The molecule has 13 aromatic carbocycles. The van der Waals surface area contributed by atoms with Crippen LogP contribution in [0.5, 0.6) is 0 Å². The number of rotatable bonds is 9. The van der Waals surface area contributed by atoms with Gasteiger partial charge in [0.15, 0.2) is 0 Å². The van der Waals surface area contributed by atoms with E-state index < -0.39 is 0 Å². The summed E-state index contributed by atoms with van der Waals surface area (Å²) in [4.78, 5) is 5.45. The van der Waals surface area contributed by atoms with Crippen molar-refractivity contribution in [3.8, 4) is 72.4 Å². The second-order valence-corrected chi connectivity index (χ2v) is 28.9. The van der Waals surface area contributed by atoms with Gasteiger partial charge in [-0.15, -0.1) is 0 Å². The smallest absolute Gasteiger partial charge is 0.252 e. The third-order valence-electron chi connectivity index (χ3n) is 19.8. The van der Waals surface area contributed by atoms with Gasteiger partial charge in [-0.3, -0.25) is 0 Å². The average Bonchev–Trinajstić information content (AvgIpc) is 0.828. The molecule has 4 heteroatoms. The molecule has 0 radical (unpaired) electrons. The van der Waals surface area contributed by atoms with E-state index in [9.17, 15) is 0 Å². The third kappa shape index (κ3) is 9.89. The number of hydrogen-bond donors (Lipinski definition) is 0. The number of para-hydroxylation sites is 2. The standard InChI is InChI=1S/C90H76BN3/c1-88(2,3)66-52-72(61-36-20-12-21-37-61)86(73(53-66)62-38-22-13-23-39-62)93-81-56-68(92-79-46-30-28-44-69(79)70-45-29-31-47-80(70)92)48-49-77(81)91-78-57-71(60-34-18-11-19-35-60)76(90(7,8)9)58-82(78)94(84-51-65(50-83(93)85(84)91)59-32-16-10-17-33-59)87-74(63-40-24-14-25-41-63)54-67(89(4,5)6)55-75(87)64-42-26-15-27-43-64/h10-58H,1-9H3. The van der Waals surface area contributed by atoms with E-state index in [1.54, 1.807) is 0 Å². The number of hydrogen-bond acceptors (Lipinski definition) is 2. The fourth-order valence-corrected chi connectivity index (χ4v) is 15.1. The van der Waals surface area contributed by atoms with Crippen molar-refractivity contribution in [3.63, 3.8) is 0 Å². The Hall–Kier alpha value is -10.7. The van der Waals surface area contributed by atoms with Crippen molar-refractivity contribution in [2.24, 2.45) is 0 Å². The highest BCUT2D eigenvalue weighted by atomic mass is 15.2. The topological polar surface area (TPSA) is 11.4 Å². The van der Waals surface area contributed by atoms with E-state index >= 15 is 0 Å². The lowest BCUT2D eigenvalue weighted by molar-refractivity contribution is 0.590. The maximum absolute atomic E-state index is 2.73. The summed E-state index contributed by atoms with van der Waals surface area (Å²) in [5.74, 6) is 0. The molecule has 94 heavy (non-hydrogen) atoms. The summed E-state index contributed by atoms with van der Waals surface area (Å²) in [6, 6.07) is 113. The molecule has 0 atom stereocenters. The zero-order chi connectivity index (χ0) is 64.2. The summed E-state index contributed by atoms with van der Waals surface area (Å²) in [5.41, 5.74) is 31.3. The Morgan fingerprint density at radius 3 is 1.00 bits per heavy atom. The number of fused-ring (bicyclic) bond motifs is 7. The molecule has 0 N–H and O–H groups in total. The number of aromatic nitrogens is 1. The summed E-state index contributed by atoms with van der Waals surface area (Å²) < 4.78 is 2.50. The predicted octanol–water partition coefficient (Wildman–Crippen LogP) is 22.8. The first-order valence-corrected chi connectivity index (χ1v) is 33.4. The van der Waals surface area contributed by atoms with Gasteiger partial charge in [0.1, 0.15) is 0 Å². The molecule has 0 saturated carbocycles. The van der Waals surface area contributed by atoms with Gasteiger partial charge in [0.2, 0.25) is 0 Å². The van der Waals surface area contributed by atoms with Gasteiger partial charge in [-0.1, -0.05) is 293 Å². The monoisotopic (exact) mass is 1210 g/mol. The van der Waals surface area contributed by atoms with E-state index in [2.05, 4.69) is 374 Å². The van der Waals surface area contributed by atoms with Crippen LogP contribution in [0.2, 0.25) is 0 Å². The van der Waals surface area contributed by atoms with Crippen LogP contribution in [-0.4, -0.2) is 11.3 Å². The second-order valence-electron chi connectivity index (χ2n) is 28.9. The van der Waals surface area contributed by atoms with Crippen molar-refractivity contribution in [3.05, 3.63) is 314 Å². The number of nitrogens with zero attached hydrogens (tertiary/aromatic N) is 3. The zero-order valence-corrected chi connectivity index (χ0v) is 55.2. The Morgan fingerprint density at radius 1 is 0.266 bits per heavy atom. The summed E-state index contributed by atoms with van der Waals surface area (Å²) in [6.07, 6.45) is 0. The molecule has 2 aliphatic rings. The molecule has 0 spiro atoms. The minimum Gasteiger partial charge on any atom is -0.310 e. The van der Waals surface area contributed by atoms with E-state index in [-0.39, 0.29) is 23.0 Å². The minimum absolute atomic E-state index is 0.176. The first-order valence-electron chi connectivity index (χ1n) is 33.4. The number of benzene rings is 13. The molecule has 0 bridgehead atoms. The highest BCUT2D eigenvalue weighted by Crippen LogP contribution is 2.56. The van der Waals surface area contributed by atoms with Gasteiger partial charge in [-0.05, 0) is 161 Å². The molecule has 454 valence electrons. The molecule has 0 unspecified atom stereocenters. The Kier molecular flexibility index (Phi) is 14.0. The molecule has 2 aliphatic heterocycles. The molecule has 14 aromatic rings. The van der Waals surface area contributed by atoms with E-state index in [1.807, 2.05) is 0 Å². The highest BCUT2D eigenvalue weighted by Gasteiger charge is 2.47.